The summed E-state index contributed by atoms with van der Waals surface area (Å²) in [7, 11) is -4.21. The highest BCUT2D eigenvalue weighted by molar-refractivity contribution is 9.10. The lowest BCUT2D eigenvalue weighted by Crippen LogP contribution is -2.53. The maximum absolute atomic E-state index is 15.0. The maximum atomic E-state index is 15.0. The summed E-state index contributed by atoms with van der Waals surface area (Å²) in [4.78, 5) is 29.4. The number of benzene rings is 4. The van der Waals surface area contributed by atoms with Gasteiger partial charge in [0.05, 0.1) is 10.6 Å². The Hall–Kier alpha value is -4.02. The van der Waals surface area contributed by atoms with Gasteiger partial charge in [0.2, 0.25) is 11.8 Å². The van der Waals surface area contributed by atoms with Gasteiger partial charge in [-0.3, -0.25) is 13.9 Å². The van der Waals surface area contributed by atoms with Crippen molar-refractivity contribution >= 4 is 43.5 Å². The molecule has 1 N–H and O–H groups in total. The lowest BCUT2D eigenvalue weighted by molar-refractivity contribution is -0.140. The molecule has 0 fully saturated rings. The van der Waals surface area contributed by atoms with Crippen LogP contribution in [0.25, 0.3) is 0 Å². The SMILES string of the molecule is CC(C)CNC(=O)[C@@H](Cc1ccccc1)N(Cc1ccccc1F)C(=O)CN(c1ccc(Br)cc1)S(=O)(=O)c1ccccc1. The number of anilines is 1. The Morgan fingerprint density at radius 2 is 1.43 bits per heavy atom. The van der Waals surface area contributed by atoms with E-state index in [4.69, 9.17) is 0 Å². The minimum atomic E-state index is -4.21. The van der Waals surface area contributed by atoms with Crippen LogP contribution < -0.4 is 9.62 Å². The number of carbonyl (C=O) groups is 2. The third-order valence-corrected chi connectivity index (χ3v) is 9.30. The van der Waals surface area contributed by atoms with Gasteiger partial charge in [-0.25, -0.2) is 12.8 Å². The molecule has 10 heteroatoms. The predicted octanol–water partition coefficient (Wildman–Crippen LogP) is 6.20. The summed E-state index contributed by atoms with van der Waals surface area (Å²) in [5.74, 6) is -1.45. The molecule has 4 aromatic rings. The normalized spacial score (nSPS) is 12.0. The summed E-state index contributed by atoms with van der Waals surface area (Å²) < 4.78 is 44.7. The van der Waals surface area contributed by atoms with Crippen molar-refractivity contribution in [3.05, 3.63) is 131 Å². The topological polar surface area (TPSA) is 86.8 Å². The minimum Gasteiger partial charge on any atom is -0.354 e. The van der Waals surface area contributed by atoms with Crippen molar-refractivity contribution in [3.8, 4) is 0 Å². The molecular weight excluding hydrogens is 645 g/mol. The van der Waals surface area contributed by atoms with Crippen molar-refractivity contribution in [2.75, 3.05) is 17.4 Å². The van der Waals surface area contributed by atoms with E-state index in [0.717, 1.165) is 14.3 Å². The number of hydrogen-bond donors (Lipinski definition) is 1. The lowest BCUT2D eigenvalue weighted by atomic mass is 10.0. The van der Waals surface area contributed by atoms with Crippen LogP contribution in [-0.4, -0.2) is 44.3 Å². The second kappa shape index (κ2) is 15.1. The molecule has 0 saturated carbocycles. The van der Waals surface area contributed by atoms with E-state index in [9.17, 15) is 22.4 Å². The van der Waals surface area contributed by atoms with Crippen molar-refractivity contribution in [2.45, 2.75) is 37.8 Å². The third-order valence-electron chi connectivity index (χ3n) is 6.98. The molecular formula is C34H35BrFN3O4S. The van der Waals surface area contributed by atoms with Crippen molar-refractivity contribution in [2.24, 2.45) is 5.92 Å². The Kier molecular flexibility index (Phi) is 11.3. The molecule has 0 unspecified atom stereocenters. The van der Waals surface area contributed by atoms with Crippen LogP contribution in [0.4, 0.5) is 10.1 Å². The molecule has 0 aliphatic heterocycles. The van der Waals surface area contributed by atoms with Gasteiger partial charge in [0.15, 0.2) is 0 Å². The molecule has 0 radical (unpaired) electrons. The molecule has 44 heavy (non-hydrogen) atoms. The quantitative estimate of drug-likeness (QED) is 0.182. The molecule has 4 rings (SSSR count). The zero-order valence-corrected chi connectivity index (χ0v) is 27.0. The summed E-state index contributed by atoms with van der Waals surface area (Å²) in [5.41, 5.74) is 1.27. The summed E-state index contributed by atoms with van der Waals surface area (Å²) in [6.45, 7) is 3.44. The van der Waals surface area contributed by atoms with Gasteiger partial charge in [0.25, 0.3) is 10.0 Å². The van der Waals surface area contributed by atoms with E-state index in [1.165, 1.54) is 23.1 Å². The van der Waals surface area contributed by atoms with Crippen LogP contribution in [0.1, 0.15) is 25.0 Å². The largest absolute Gasteiger partial charge is 0.354 e. The fourth-order valence-corrected chi connectivity index (χ4v) is 6.34. The number of halogens is 2. The third kappa shape index (κ3) is 8.54. The Balaban J connectivity index is 1.79. The Bertz CT molecular complexity index is 1650. The van der Waals surface area contributed by atoms with E-state index in [2.05, 4.69) is 21.2 Å². The van der Waals surface area contributed by atoms with Gasteiger partial charge in [0.1, 0.15) is 18.4 Å². The number of amides is 2. The molecule has 4 aromatic carbocycles. The first kappa shape index (κ1) is 32.9. The lowest BCUT2D eigenvalue weighted by Gasteiger charge is -2.34. The summed E-state index contributed by atoms with van der Waals surface area (Å²) >= 11 is 3.38. The molecule has 2 amide bonds. The zero-order valence-electron chi connectivity index (χ0n) is 24.6. The molecule has 0 bridgehead atoms. The molecule has 1 atom stereocenters. The van der Waals surface area contributed by atoms with E-state index in [0.29, 0.717) is 6.54 Å². The van der Waals surface area contributed by atoms with Crippen molar-refractivity contribution in [1.82, 2.24) is 10.2 Å². The average molecular weight is 681 g/mol. The van der Waals surface area contributed by atoms with Crippen LogP contribution in [0.15, 0.2) is 119 Å². The second-order valence-electron chi connectivity index (χ2n) is 10.8. The highest BCUT2D eigenvalue weighted by atomic mass is 79.9. The smallest absolute Gasteiger partial charge is 0.264 e. The first-order chi connectivity index (χ1) is 21.1. The van der Waals surface area contributed by atoms with Crippen molar-refractivity contribution in [1.29, 1.82) is 0 Å². The van der Waals surface area contributed by atoms with Gasteiger partial charge in [-0.1, -0.05) is 96.5 Å². The first-order valence-electron chi connectivity index (χ1n) is 14.2. The Labute approximate surface area is 266 Å². The minimum absolute atomic E-state index is 0.00637. The molecule has 0 heterocycles. The van der Waals surface area contributed by atoms with Gasteiger partial charge in [-0.15, -0.1) is 0 Å². The highest BCUT2D eigenvalue weighted by Crippen LogP contribution is 2.26. The van der Waals surface area contributed by atoms with Crippen LogP contribution in [0, 0.1) is 11.7 Å². The van der Waals surface area contributed by atoms with E-state index in [-0.39, 0.29) is 35.0 Å². The average Bonchev–Trinajstić information content (AvgIpc) is 3.02. The van der Waals surface area contributed by atoms with Gasteiger partial charge in [-0.05, 0) is 53.9 Å². The van der Waals surface area contributed by atoms with Crippen LogP contribution >= 0.6 is 15.9 Å². The highest BCUT2D eigenvalue weighted by Gasteiger charge is 2.35. The number of carbonyl (C=O) groups excluding carboxylic acids is 2. The molecule has 0 saturated heterocycles. The molecule has 0 aliphatic carbocycles. The van der Waals surface area contributed by atoms with Gasteiger partial charge < -0.3 is 10.2 Å². The zero-order chi connectivity index (χ0) is 31.7. The van der Waals surface area contributed by atoms with Crippen LogP contribution in [0.2, 0.25) is 0 Å². The second-order valence-corrected chi connectivity index (χ2v) is 13.5. The molecule has 7 nitrogen and oxygen atoms in total. The van der Waals surface area contributed by atoms with E-state index >= 15 is 0 Å². The Morgan fingerprint density at radius 3 is 2.05 bits per heavy atom. The predicted molar refractivity (Wildman–Crippen MR) is 174 cm³/mol. The molecule has 0 aromatic heterocycles. The van der Waals surface area contributed by atoms with Gasteiger partial charge >= 0.3 is 0 Å². The first-order valence-corrected chi connectivity index (χ1v) is 16.5. The van der Waals surface area contributed by atoms with Crippen molar-refractivity contribution < 1.29 is 22.4 Å². The van der Waals surface area contributed by atoms with Crippen LogP contribution in [0.3, 0.4) is 0 Å². The maximum Gasteiger partial charge on any atom is 0.264 e. The van der Waals surface area contributed by atoms with Crippen LogP contribution in [-0.2, 0) is 32.6 Å². The van der Waals surface area contributed by atoms with Crippen LogP contribution in [0.5, 0.6) is 0 Å². The number of rotatable bonds is 13. The molecule has 230 valence electrons. The number of nitrogens with zero attached hydrogens (tertiary/aromatic N) is 2. The molecule has 0 spiro atoms. The summed E-state index contributed by atoms with van der Waals surface area (Å²) in [6, 6.07) is 28.6. The number of sulfonamides is 1. The van der Waals surface area contributed by atoms with Gasteiger partial charge in [-0.2, -0.15) is 0 Å². The van der Waals surface area contributed by atoms with E-state index in [1.54, 1.807) is 60.7 Å². The number of hydrogen-bond acceptors (Lipinski definition) is 4. The summed E-state index contributed by atoms with van der Waals surface area (Å²) in [6.07, 6.45) is 0.148. The van der Waals surface area contributed by atoms with Crippen molar-refractivity contribution in [3.63, 3.8) is 0 Å². The standard InChI is InChI=1S/C34H35BrFN3O4S/c1-25(2)22-37-34(41)32(21-26-11-5-3-6-12-26)38(23-27-13-9-10-16-31(27)36)33(40)24-39(29-19-17-28(35)18-20-29)44(42,43)30-14-7-4-8-15-30/h3-20,25,32H,21-24H2,1-2H3,(H,37,41)/t32-/m1/s1. The molecule has 0 aliphatic rings. The number of nitrogens with one attached hydrogen (secondary N) is 1. The Morgan fingerprint density at radius 1 is 0.841 bits per heavy atom. The van der Waals surface area contributed by atoms with E-state index < -0.39 is 40.2 Å². The fourth-order valence-electron chi connectivity index (χ4n) is 4.64. The monoisotopic (exact) mass is 679 g/mol. The summed E-state index contributed by atoms with van der Waals surface area (Å²) in [5, 5.41) is 2.92. The van der Waals surface area contributed by atoms with E-state index in [1.807, 2.05) is 44.2 Å². The van der Waals surface area contributed by atoms with Gasteiger partial charge in [0, 0.05) is 29.5 Å². The fraction of sp³-hybridized carbons (Fsp3) is 0.235.